The minimum atomic E-state index is 0.0798. The van der Waals surface area contributed by atoms with E-state index in [4.69, 9.17) is 0 Å². The van der Waals surface area contributed by atoms with Crippen molar-refractivity contribution >= 4 is 28.3 Å². The first-order valence-electron chi connectivity index (χ1n) is 7.65. The van der Waals surface area contributed by atoms with Gasteiger partial charge in [-0.2, -0.15) is 0 Å². The molecule has 2 aromatic heterocycles. The van der Waals surface area contributed by atoms with E-state index >= 15 is 0 Å². The van der Waals surface area contributed by atoms with Gasteiger partial charge in [0.2, 0.25) is 0 Å². The Labute approximate surface area is 137 Å². The fraction of sp³-hybridized carbons (Fsp3) is 0.312. The van der Waals surface area contributed by atoms with E-state index < -0.39 is 0 Å². The summed E-state index contributed by atoms with van der Waals surface area (Å²) in [6.45, 7) is 4.02. The molecule has 1 amide bonds. The van der Waals surface area contributed by atoms with Crippen molar-refractivity contribution in [2.75, 3.05) is 26.2 Å². The second-order valence-corrected chi connectivity index (χ2v) is 6.34. The second kappa shape index (κ2) is 6.10. The third-order valence-corrected chi connectivity index (χ3v) is 4.76. The molecule has 0 saturated carbocycles. The highest BCUT2D eigenvalue weighted by atomic mass is 32.1. The van der Waals surface area contributed by atoms with Crippen LogP contribution in [0.25, 0.3) is 10.9 Å². The van der Waals surface area contributed by atoms with Crippen LogP contribution in [0, 0.1) is 0 Å². The number of amides is 1. The summed E-state index contributed by atoms with van der Waals surface area (Å²) < 4.78 is 3.89. The summed E-state index contributed by atoms with van der Waals surface area (Å²) in [7, 11) is 0. The molecule has 3 aromatic rings. The van der Waals surface area contributed by atoms with E-state index in [1.165, 1.54) is 11.5 Å². The maximum atomic E-state index is 12.6. The first kappa shape index (κ1) is 14.3. The standard InChI is InChI=1S/C16H17N5OS/c22-16(15-9-12-3-1-2-4-14(12)17-15)21-7-5-20(6-8-21)10-13-11-23-19-18-13/h1-4,9,11,17H,5-8,10H2. The Kier molecular flexibility index (Phi) is 3.80. The van der Waals surface area contributed by atoms with Crippen LogP contribution >= 0.6 is 11.5 Å². The number of rotatable bonds is 3. The van der Waals surface area contributed by atoms with Gasteiger partial charge in [-0.25, -0.2) is 0 Å². The Morgan fingerprint density at radius 1 is 1.22 bits per heavy atom. The minimum Gasteiger partial charge on any atom is -0.351 e. The lowest BCUT2D eigenvalue weighted by molar-refractivity contribution is 0.0622. The molecule has 1 N–H and O–H groups in total. The Balaban J connectivity index is 1.40. The predicted octanol–water partition coefficient (Wildman–Crippen LogP) is 1.98. The van der Waals surface area contributed by atoms with Crippen molar-refractivity contribution in [2.24, 2.45) is 0 Å². The molecule has 4 rings (SSSR count). The number of aromatic nitrogens is 3. The first-order chi connectivity index (χ1) is 11.3. The number of benzene rings is 1. The summed E-state index contributed by atoms with van der Waals surface area (Å²) in [5.74, 6) is 0.0798. The van der Waals surface area contributed by atoms with Gasteiger partial charge in [0.05, 0.1) is 5.69 Å². The summed E-state index contributed by atoms with van der Waals surface area (Å²) in [4.78, 5) is 20.1. The maximum absolute atomic E-state index is 12.6. The number of hydrogen-bond acceptors (Lipinski definition) is 5. The molecule has 0 radical (unpaired) electrons. The summed E-state index contributed by atoms with van der Waals surface area (Å²) >= 11 is 1.38. The highest BCUT2D eigenvalue weighted by Crippen LogP contribution is 2.17. The molecule has 0 spiro atoms. The predicted molar refractivity (Wildman–Crippen MR) is 89.4 cm³/mol. The molecule has 0 aliphatic carbocycles. The monoisotopic (exact) mass is 327 g/mol. The van der Waals surface area contributed by atoms with E-state index in [0.717, 1.165) is 49.3 Å². The lowest BCUT2D eigenvalue weighted by Gasteiger charge is -2.34. The third-order valence-electron chi connectivity index (χ3n) is 4.21. The average Bonchev–Trinajstić information content (AvgIpc) is 3.24. The smallest absolute Gasteiger partial charge is 0.270 e. The van der Waals surface area contributed by atoms with Gasteiger partial charge in [0.1, 0.15) is 5.69 Å². The highest BCUT2D eigenvalue weighted by molar-refractivity contribution is 7.03. The van der Waals surface area contributed by atoms with Gasteiger partial charge in [-0.1, -0.05) is 22.7 Å². The lowest BCUT2D eigenvalue weighted by Crippen LogP contribution is -2.48. The van der Waals surface area contributed by atoms with Crippen LogP contribution in [0.5, 0.6) is 0 Å². The van der Waals surface area contributed by atoms with Gasteiger partial charge < -0.3 is 9.88 Å². The van der Waals surface area contributed by atoms with Crippen LogP contribution in [0.4, 0.5) is 0 Å². The van der Waals surface area contributed by atoms with Crippen LogP contribution in [0.2, 0.25) is 0 Å². The van der Waals surface area contributed by atoms with Crippen molar-refractivity contribution in [3.63, 3.8) is 0 Å². The number of carbonyl (C=O) groups is 1. The molecular formula is C16H17N5OS. The summed E-state index contributed by atoms with van der Waals surface area (Å²) in [5, 5.41) is 7.13. The summed E-state index contributed by atoms with van der Waals surface area (Å²) in [5.41, 5.74) is 2.68. The van der Waals surface area contributed by atoms with Gasteiger partial charge in [0.25, 0.3) is 5.91 Å². The summed E-state index contributed by atoms with van der Waals surface area (Å²) in [6.07, 6.45) is 0. The zero-order chi connectivity index (χ0) is 15.6. The van der Waals surface area contributed by atoms with Crippen LogP contribution in [-0.2, 0) is 6.54 Å². The van der Waals surface area contributed by atoms with Crippen LogP contribution in [0.15, 0.2) is 35.7 Å². The zero-order valence-electron chi connectivity index (χ0n) is 12.6. The van der Waals surface area contributed by atoms with Crippen molar-refractivity contribution in [3.05, 3.63) is 47.1 Å². The zero-order valence-corrected chi connectivity index (χ0v) is 13.4. The molecule has 1 aliphatic heterocycles. The molecule has 118 valence electrons. The fourth-order valence-electron chi connectivity index (χ4n) is 2.95. The van der Waals surface area contributed by atoms with E-state index in [-0.39, 0.29) is 5.91 Å². The minimum absolute atomic E-state index is 0.0798. The van der Waals surface area contributed by atoms with Gasteiger partial charge in [-0.3, -0.25) is 9.69 Å². The number of nitrogens with zero attached hydrogens (tertiary/aromatic N) is 4. The number of fused-ring (bicyclic) bond motifs is 1. The number of H-pyrrole nitrogens is 1. The Hall–Kier alpha value is -2.25. The Morgan fingerprint density at radius 2 is 2.04 bits per heavy atom. The van der Waals surface area contributed by atoms with Crippen molar-refractivity contribution in [2.45, 2.75) is 6.54 Å². The molecular weight excluding hydrogens is 310 g/mol. The van der Waals surface area contributed by atoms with E-state index in [1.807, 2.05) is 40.6 Å². The normalized spacial score (nSPS) is 16.1. The number of aromatic amines is 1. The molecule has 23 heavy (non-hydrogen) atoms. The number of para-hydroxylation sites is 1. The maximum Gasteiger partial charge on any atom is 0.270 e. The van der Waals surface area contributed by atoms with E-state index in [0.29, 0.717) is 5.69 Å². The molecule has 0 atom stereocenters. The molecule has 1 fully saturated rings. The van der Waals surface area contributed by atoms with E-state index in [1.54, 1.807) is 0 Å². The van der Waals surface area contributed by atoms with Gasteiger partial charge >= 0.3 is 0 Å². The molecule has 3 heterocycles. The van der Waals surface area contributed by atoms with Gasteiger partial charge in [-0.05, 0) is 23.7 Å². The van der Waals surface area contributed by atoms with Crippen LogP contribution in [0.1, 0.15) is 16.2 Å². The molecule has 0 unspecified atom stereocenters. The topological polar surface area (TPSA) is 65.1 Å². The average molecular weight is 327 g/mol. The Bertz CT molecular complexity index is 772. The van der Waals surface area contributed by atoms with Crippen molar-refractivity contribution in [1.82, 2.24) is 24.4 Å². The first-order valence-corrected chi connectivity index (χ1v) is 8.48. The van der Waals surface area contributed by atoms with Crippen molar-refractivity contribution in [3.8, 4) is 0 Å². The molecule has 1 saturated heterocycles. The van der Waals surface area contributed by atoms with Crippen molar-refractivity contribution in [1.29, 1.82) is 0 Å². The van der Waals surface area contributed by atoms with Gasteiger partial charge in [0, 0.05) is 49.0 Å². The number of nitrogens with one attached hydrogen (secondary N) is 1. The molecule has 6 nitrogen and oxygen atoms in total. The molecule has 1 aromatic carbocycles. The number of carbonyl (C=O) groups excluding carboxylic acids is 1. The lowest BCUT2D eigenvalue weighted by atomic mass is 10.2. The van der Waals surface area contributed by atoms with Crippen molar-refractivity contribution < 1.29 is 4.79 Å². The SMILES string of the molecule is O=C(c1cc2ccccc2[nH]1)N1CCN(Cc2csnn2)CC1. The van der Waals surface area contributed by atoms with Crippen LogP contribution in [-0.4, -0.2) is 56.5 Å². The quantitative estimate of drug-likeness (QED) is 0.799. The largest absolute Gasteiger partial charge is 0.351 e. The van der Waals surface area contributed by atoms with Crippen LogP contribution in [0.3, 0.4) is 0 Å². The van der Waals surface area contributed by atoms with E-state index in [2.05, 4.69) is 19.5 Å². The highest BCUT2D eigenvalue weighted by Gasteiger charge is 2.23. The molecule has 0 bridgehead atoms. The number of hydrogen-bond donors (Lipinski definition) is 1. The Morgan fingerprint density at radius 3 is 2.78 bits per heavy atom. The molecule has 7 heteroatoms. The molecule has 1 aliphatic rings. The number of piperazine rings is 1. The van der Waals surface area contributed by atoms with Gasteiger partial charge in [-0.15, -0.1) is 5.10 Å². The van der Waals surface area contributed by atoms with E-state index in [9.17, 15) is 4.79 Å². The third kappa shape index (κ3) is 2.97. The van der Waals surface area contributed by atoms with Gasteiger partial charge in [0.15, 0.2) is 0 Å². The summed E-state index contributed by atoms with van der Waals surface area (Å²) in [6, 6.07) is 9.90. The van der Waals surface area contributed by atoms with Crippen LogP contribution < -0.4 is 0 Å². The fourth-order valence-corrected chi connectivity index (χ4v) is 3.39. The second-order valence-electron chi connectivity index (χ2n) is 5.73.